The predicted octanol–water partition coefficient (Wildman–Crippen LogP) is 4.38. The SMILES string of the molecule is Cc1nc(-c2cccc(NC(=O)NC3CCCc4cc(F)ccc43)c2)no1. The van der Waals surface area contributed by atoms with Crippen molar-refractivity contribution in [2.45, 2.75) is 32.2 Å². The third-order valence-corrected chi connectivity index (χ3v) is 4.63. The van der Waals surface area contributed by atoms with Crippen LogP contribution in [0.5, 0.6) is 0 Å². The average Bonchev–Trinajstić information content (AvgIpc) is 3.08. The van der Waals surface area contributed by atoms with E-state index in [0.29, 0.717) is 17.4 Å². The van der Waals surface area contributed by atoms with Gasteiger partial charge in [-0.2, -0.15) is 4.98 Å². The molecule has 2 aromatic carbocycles. The summed E-state index contributed by atoms with van der Waals surface area (Å²) in [6, 6.07) is 11.6. The summed E-state index contributed by atoms with van der Waals surface area (Å²) in [6.07, 6.45) is 2.57. The minimum Gasteiger partial charge on any atom is -0.339 e. The minimum absolute atomic E-state index is 0.127. The molecule has 1 heterocycles. The molecule has 3 aromatic rings. The van der Waals surface area contributed by atoms with E-state index in [1.54, 1.807) is 31.2 Å². The molecule has 0 aliphatic heterocycles. The highest BCUT2D eigenvalue weighted by atomic mass is 19.1. The second-order valence-electron chi connectivity index (χ2n) is 6.60. The van der Waals surface area contributed by atoms with Gasteiger partial charge in [0.15, 0.2) is 0 Å². The number of aromatic nitrogens is 2. The molecule has 138 valence electrons. The fourth-order valence-electron chi connectivity index (χ4n) is 3.41. The Balaban J connectivity index is 1.46. The van der Waals surface area contributed by atoms with Crippen LogP contribution >= 0.6 is 0 Å². The summed E-state index contributed by atoms with van der Waals surface area (Å²) in [7, 11) is 0. The maximum Gasteiger partial charge on any atom is 0.319 e. The van der Waals surface area contributed by atoms with Crippen LogP contribution in [0.3, 0.4) is 0 Å². The lowest BCUT2D eigenvalue weighted by Crippen LogP contribution is -2.34. The topological polar surface area (TPSA) is 80.0 Å². The van der Waals surface area contributed by atoms with E-state index in [-0.39, 0.29) is 17.9 Å². The standard InChI is InChI=1S/C20H19FN4O2/c1-12-22-19(25-27-12)14-5-2-6-16(11-14)23-20(26)24-18-7-3-4-13-10-15(21)8-9-17(13)18/h2,5-6,8-11,18H,3-4,7H2,1H3,(H2,23,24,26). The highest BCUT2D eigenvalue weighted by Gasteiger charge is 2.22. The molecule has 0 saturated carbocycles. The number of urea groups is 1. The van der Waals surface area contributed by atoms with Gasteiger partial charge in [-0.15, -0.1) is 0 Å². The number of nitrogens with one attached hydrogen (secondary N) is 2. The second-order valence-corrected chi connectivity index (χ2v) is 6.60. The Bertz CT molecular complexity index is 986. The van der Waals surface area contributed by atoms with Crippen molar-refractivity contribution in [3.63, 3.8) is 0 Å². The number of hydrogen-bond acceptors (Lipinski definition) is 4. The first-order valence-electron chi connectivity index (χ1n) is 8.85. The molecule has 0 radical (unpaired) electrons. The monoisotopic (exact) mass is 366 g/mol. The van der Waals surface area contributed by atoms with Crippen molar-refractivity contribution >= 4 is 11.7 Å². The molecule has 0 fully saturated rings. The normalized spacial score (nSPS) is 15.9. The molecule has 2 amide bonds. The molecule has 7 heteroatoms. The maximum absolute atomic E-state index is 13.4. The molecule has 0 saturated heterocycles. The Labute approximate surface area is 155 Å². The van der Waals surface area contributed by atoms with Crippen LogP contribution in [0.25, 0.3) is 11.4 Å². The summed E-state index contributed by atoms with van der Waals surface area (Å²) < 4.78 is 18.4. The van der Waals surface area contributed by atoms with E-state index in [1.165, 1.54) is 6.07 Å². The molecular weight excluding hydrogens is 347 g/mol. The smallest absolute Gasteiger partial charge is 0.319 e. The van der Waals surface area contributed by atoms with Crippen molar-refractivity contribution < 1.29 is 13.7 Å². The number of amides is 2. The number of anilines is 1. The van der Waals surface area contributed by atoms with Gasteiger partial charge >= 0.3 is 6.03 Å². The number of hydrogen-bond donors (Lipinski definition) is 2. The predicted molar refractivity (Wildman–Crippen MR) is 98.7 cm³/mol. The van der Waals surface area contributed by atoms with Crippen molar-refractivity contribution in [2.24, 2.45) is 0 Å². The summed E-state index contributed by atoms with van der Waals surface area (Å²) >= 11 is 0. The van der Waals surface area contributed by atoms with Gasteiger partial charge in [0, 0.05) is 18.2 Å². The largest absolute Gasteiger partial charge is 0.339 e. The van der Waals surface area contributed by atoms with Gasteiger partial charge in [0.05, 0.1) is 6.04 Å². The van der Waals surface area contributed by atoms with E-state index < -0.39 is 0 Å². The third-order valence-electron chi connectivity index (χ3n) is 4.63. The zero-order valence-electron chi connectivity index (χ0n) is 14.8. The number of rotatable bonds is 3. The summed E-state index contributed by atoms with van der Waals surface area (Å²) in [5.41, 5.74) is 3.32. The molecule has 0 bridgehead atoms. The highest BCUT2D eigenvalue weighted by molar-refractivity contribution is 5.90. The van der Waals surface area contributed by atoms with E-state index in [9.17, 15) is 9.18 Å². The van der Waals surface area contributed by atoms with Crippen LogP contribution in [0, 0.1) is 12.7 Å². The lowest BCUT2D eigenvalue weighted by atomic mass is 9.88. The highest BCUT2D eigenvalue weighted by Crippen LogP contribution is 2.30. The fraction of sp³-hybridized carbons (Fsp3) is 0.250. The third kappa shape index (κ3) is 3.81. The van der Waals surface area contributed by atoms with Crippen molar-refractivity contribution in [3.8, 4) is 11.4 Å². The van der Waals surface area contributed by atoms with Crippen LogP contribution in [-0.2, 0) is 6.42 Å². The Hall–Kier alpha value is -3.22. The lowest BCUT2D eigenvalue weighted by molar-refractivity contribution is 0.247. The van der Waals surface area contributed by atoms with Crippen molar-refractivity contribution in [1.82, 2.24) is 15.5 Å². The van der Waals surface area contributed by atoms with Crippen LogP contribution < -0.4 is 10.6 Å². The number of nitrogens with zero attached hydrogens (tertiary/aromatic N) is 2. The molecular formula is C20H19FN4O2. The number of carbonyl (C=O) groups is 1. The molecule has 1 aromatic heterocycles. The van der Waals surface area contributed by atoms with Crippen molar-refractivity contribution in [3.05, 3.63) is 65.3 Å². The number of halogens is 1. The van der Waals surface area contributed by atoms with Gasteiger partial charge in [-0.05, 0) is 54.7 Å². The molecule has 1 unspecified atom stereocenters. The van der Waals surface area contributed by atoms with Crippen molar-refractivity contribution in [2.75, 3.05) is 5.32 Å². The summed E-state index contributed by atoms with van der Waals surface area (Å²) in [6.45, 7) is 1.72. The van der Waals surface area contributed by atoms with E-state index in [0.717, 1.165) is 36.0 Å². The van der Waals surface area contributed by atoms with Crippen LogP contribution in [-0.4, -0.2) is 16.2 Å². The Kier molecular flexibility index (Phi) is 4.58. The molecule has 1 aliphatic carbocycles. The quantitative estimate of drug-likeness (QED) is 0.721. The average molecular weight is 366 g/mol. The van der Waals surface area contributed by atoms with Gasteiger partial charge in [-0.25, -0.2) is 9.18 Å². The Morgan fingerprint density at radius 2 is 2.15 bits per heavy atom. The molecule has 1 aliphatic rings. The van der Waals surface area contributed by atoms with Crippen LogP contribution in [0.15, 0.2) is 47.0 Å². The number of carbonyl (C=O) groups excluding carboxylic acids is 1. The van der Waals surface area contributed by atoms with Gasteiger partial charge in [0.2, 0.25) is 11.7 Å². The summed E-state index contributed by atoms with van der Waals surface area (Å²) in [5.74, 6) is 0.709. The molecule has 6 nitrogen and oxygen atoms in total. The van der Waals surface area contributed by atoms with Gasteiger partial charge in [-0.3, -0.25) is 0 Å². The first kappa shape index (κ1) is 17.2. The first-order valence-corrected chi connectivity index (χ1v) is 8.85. The molecule has 27 heavy (non-hydrogen) atoms. The molecule has 0 spiro atoms. The van der Waals surface area contributed by atoms with E-state index in [4.69, 9.17) is 4.52 Å². The molecule has 4 rings (SSSR count). The number of fused-ring (bicyclic) bond motifs is 1. The lowest BCUT2D eigenvalue weighted by Gasteiger charge is -2.26. The van der Waals surface area contributed by atoms with Crippen LogP contribution in [0.2, 0.25) is 0 Å². The van der Waals surface area contributed by atoms with Gasteiger partial charge in [0.1, 0.15) is 5.82 Å². The van der Waals surface area contributed by atoms with E-state index >= 15 is 0 Å². The number of aryl methyl sites for hydroxylation is 2. The Morgan fingerprint density at radius 1 is 1.26 bits per heavy atom. The summed E-state index contributed by atoms with van der Waals surface area (Å²) in [4.78, 5) is 16.7. The second kappa shape index (κ2) is 7.19. The Morgan fingerprint density at radius 3 is 2.96 bits per heavy atom. The van der Waals surface area contributed by atoms with E-state index in [2.05, 4.69) is 20.8 Å². The van der Waals surface area contributed by atoms with Crippen LogP contribution in [0.1, 0.15) is 35.9 Å². The first-order chi connectivity index (χ1) is 13.1. The zero-order chi connectivity index (χ0) is 18.8. The van der Waals surface area contributed by atoms with Gasteiger partial charge < -0.3 is 15.2 Å². The van der Waals surface area contributed by atoms with Crippen LogP contribution in [0.4, 0.5) is 14.9 Å². The van der Waals surface area contributed by atoms with E-state index in [1.807, 2.05) is 12.1 Å². The minimum atomic E-state index is -0.307. The molecule has 2 N–H and O–H groups in total. The van der Waals surface area contributed by atoms with Crippen molar-refractivity contribution in [1.29, 1.82) is 0 Å². The number of benzene rings is 2. The maximum atomic E-state index is 13.4. The zero-order valence-corrected chi connectivity index (χ0v) is 14.8. The van der Waals surface area contributed by atoms with Gasteiger partial charge in [-0.1, -0.05) is 23.4 Å². The van der Waals surface area contributed by atoms with Gasteiger partial charge in [0.25, 0.3) is 0 Å². The molecule has 1 atom stereocenters. The fourth-order valence-corrected chi connectivity index (χ4v) is 3.41. The summed E-state index contributed by atoms with van der Waals surface area (Å²) in [5, 5.41) is 9.71.